The maximum atomic E-state index is 12.3. The van der Waals surface area contributed by atoms with Gasteiger partial charge in [0.15, 0.2) is 0 Å². The smallest absolute Gasteiger partial charge is 0.254 e. The van der Waals surface area contributed by atoms with Crippen LogP contribution in [-0.2, 0) is 10.0 Å². The Morgan fingerprint density at radius 2 is 1.78 bits per heavy atom. The van der Waals surface area contributed by atoms with Gasteiger partial charge in [0.25, 0.3) is 5.91 Å². The summed E-state index contributed by atoms with van der Waals surface area (Å²) in [5.41, 5.74) is 7.55. The molecule has 10 nitrogen and oxygen atoms in total. The number of hydrogen-bond acceptors (Lipinski definition) is 8. The van der Waals surface area contributed by atoms with Crippen LogP contribution in [0.2, 0.25) is 0 Å². The van der Waals surface area contributed by atoms with Crippen LogP contribution in [0, 0.1) is 0 Å². The largest absolute Gasteiger partial charge is 0.371 e. The van der Waals surface area contributed by atoms with Crippen LogP contribution in [0.1, 0.15) is 36.0 Å². The van der Waals surface area contributed by atoms with Crippen LogP contribution in [0.5, 0.6) is 0 Å². The minimum Gasteiger partial charge on any atom is -0.371 e. The van der Waals surface area contributed by atoms with E-state index in [1.165, 1.54) is 10.5 Å². The van der Waals surface area contributed by atoms with Crippen LogP contribution >= 0.6 is 0 Å². The van der Waals surface area contributed by atoms with Crippen LogP contribution in [0.3, 0.4) is 0 Å². The molecule has 0 unspecified atom stereocenters. The molecular formula is C21H29N7O3S. The first kappa shape index (κ1) is 22.3. The van der Waals surface area contributed by atoms with E-state index in [9.17, 15) is 13.2 Å². The molecule has 1 aromatic heterocycles. The molecule has 4 rings (SSSR count). The number of hydrogen-bond donors (Lipinski definition) is 3. The second-order valence-electron chi connectivity index (χ2n) is 8.42. The average molecular weight is 460 g/mol. The van der Waals surface area contributed by atoms with Gasteiger partial charge < -0.3 is 21.3 Å². The number of primary amides is 1. The molecule has 0 atom stereocenters. The number of piperidine rings is 1. The topological polar surface area (TPSA) is 134 Å². The quantitative estimate of drug-likeness (QED) is 0.544. The summed E-state index contributed by atoms with van der Waals surface area (Å²) in [6.45, 7) is 1.39. The third-order valence-electron chi connectivity index (χ3n) is 5.83. The molecule has 0 radical (unpaired) electrons. The maximum absolute atomic E-state index is 12.3. The SMILES string of the molecule is CN(C)S(=O)(=O)C1CCN(c2ccc(Nc3ncc(C(N)=O)c(NC4CC4)n3)cc2)CC1. The number of rotatable bonds is 8. The van der Waals surface area contributed by atoms with Crippen LogP contribution in [0.25, 0.3) is 0 Å². The molecule has 1 aliphatic carbocycles. The van der Waals surface area contributed by atoms with E-state index in [2.05, 4.69) is 25.5 Å². The van der Waals surface area contributed by atoms with Gasteiger partial charge >= 0.3 is 0 Å². The number of sulfonamides is 1. The monoisotopic (exact) mass is 459 g/mol. The Balaban J connectivity index is 1.40. The maximum Gasteiger partial charge on any atom is 0.254 e. The number of aromatic nitrogens is 2. The minimum absolute atomic E-state index is 0.275. The van der Waals surface area contributed by atoms with Crippen molar-refractivity contribution in [1.82, 2.24) is 14.3 Å². The van der Waals surface area contributed by atoms with Crippen molar-refractivity contribution in [2.24, 2.45) is 5.73 Å². The Morgan fingerprint density at radius 3 is 2.34 bits per heavy atom. The van der Waals surface area contributed by atoms with Crippen molar-refractivity contribution in [2.45, 2.75) is 37.0 Å². The highest BCUT2D eigenvalue weighted by Gasteiger charge is 2.31. The Hall–Kier alpha value is -2.92. The molecule has 11 heteroatoms. The minimum atomic E-state index is -3.21. The molecule has 2 heterocycles. The molecule has 2 fully saturated rings. The van der Waals surface area contributed by atoms with Gasteiger partial charge in [-0.15, -0.1) is 0 Å². The molecule has 0 bridgehead atoms. The average Bonchev–Trinajstić information content (AvgIpc) is 3.58. The summed E-state index contributed by atoms with van der Waals surface area (Å²) in [7, 11) is -0.0404. The number of anilines is 4. The molecule has 4 N–H and O–H groups in total. The van der Waals surface area contributed by atoms with Crippen molar-refractivity contribution in [3.8, 4) is 0 Å². The van der Waals surface area contributed by atoms with Gasteiger partial charge in [-0.25, -0.2) is 17.7 Å². The number of carbonyl (C=O) groups is 1. The highest BCUT2D eigenvalue weighted by molar-refractivity contribution is 7.89. The standard InChI is InChI=1S/C21H29N7O3S/c1-27(2)32(30,31)17-9-11-28(12-10-17)16-7-5-15(6-8-16)25-21-23-13-18(19(22)29)20(26-21)24-14-3-4-14/h5-8,13-14,17H,3-4,9-12H2,1-2H3,(H2,22,29)(H2,23,24,25,26). The highest BCUT2D eigenvalue weighted by Crippen LogP contribution is 2.28. The van der Waals surface area contributed by atoms with Crippen molar-refractivity contribution >= 4 is 39.1 Å². The predicted molar refractivity (Wildman–Crippen MR) is 125 cm³/mol. The summed E-state index contributed by atoms with van der Waals surface area (Å²) in [6.07, 6.45) is 4.74. The molecule has 0 spiro atoms. The normalized spacial score (nSPS) is 17.4. The number of nitrogens with two attached hydrogens (primary N) is 1. The summed E-state index contributed by atoms with van der Waals surface area (Å²) < 4.78 is 26.0. The summed E-state index contributed by atoms with van der Waals surface area (Å²) >= 11 is 0. The third-order valence-corrected chi connectivity index (χ3v) is 8.16. The Kier molecular flexibility index (Phi) is 6.20. The van der Waals surface area contributed by atoms with Gasteiger partial charge in [0, 0.05) is 50.8 Å². The fraction of sp³-hybridized carbons (Fsp3) is 0.476. The van der Waals surface area contributed by atoms with E-state index in [0.29, 0.717) is 43.7 Å². The predicted octanol–water partition coefficient (Wildman–Crippen LogP) is 1.75. The fourth-order valence-electron chi connectivity index (χ4n) is 3.75. The van der Waals surface area contributed by atoms with Gasteiger partial charge in [-0.3, -0.25) is 4.79 Å². The van der Waals surface area contributed by atoms with E-state index < -0.39 is 15.9 Å². The second-order valence-corrected chi connectivity index (χ2v) is 10.9. The van der Waals surface area contributed by atoms with Crippen molar-refractivity contribution in [3.05, 3.63) is 36.0 Å². The van der Waals surface area contributed by atoms with Crippen molar-refractivity contribution in [1.29, 1.82) is 0 Å². The van der Waals surface area contributed by atoms with Crippen molar-refractivity contribution in [2.75, 3.05) is 42.7 Å². The highest BCUT2D eigenvalue weighted by atomic mass is 32.2. The lowest BCUT2D eigenvalue weighted by Gasteiger charge is -2.34. The molecule has 1 aromatic carbocycles. The molecule has 1 saturated carbocycles. The van der Waals surface area contributed by atoms with Gasteiger partial charge in [-0.1, -0.05) is 0 Å². The zero-order valence-electron chi connectivity index (χ0n) is 18.3. The fourth-order valence-corrected chi connectivity index (χ4v) is 5.15. The second kappa shape index (κ2) is 8.91. The van der Waals surface area contributed by atoms with Crippen molar-refractivity contribution in [3.63, 3.8) is 0 Å². The molecule has 2 aliphatic rings. The molecule has 172 valence electrons. The third kappa shape index (κ3) is 4.94. The van der Waals surface area contributed by atoms with E-state index in [-0.39, 0.29) is 10.8 Å². The molecule has 1 saturated heterocycles. The number of amides is 1. The molecule has 2 aromatic rings. The van der Waals surface area contributed by atoms with Crippen LogP contribution in [0.4, 0.5) is 23.1 Å². The summed E-state index contributed by atoms with van der Waals surface area (Å²) in [6, 6.07) is 8.16. The van der Waals surface area contributed by atoms with E-state index >= 15 is 0 Å². The number of carbonyl (C=O) groups excluding carboxylic acids is 1. The van der Waals surface area contributed by atoms with Gasteiger partial charge in [0.05, 0.1) is 10.8 Å². The van der Waals surface area contributed by atoms with Gasteiger partial charge in [0.1, 0.15) is 5.82 Å². The number of nitrogens with zero attached hydrogens (tertiary/aromatic N) is 4. The van der Waals surface area contributed by atoms with Crippen LogP contribution in [-0.4, -0.2) is 67.1 Å². The first-order valence-corrected chi connectivity index (χ1v) is 12.2. The van der Waals surface area contributed by atoms with E-state index in [4.69, 9.17) is 5.73 Å². The van der Waals surface area contributed by atoms with Gasteiger partial charge in [-0.2, -0.15) is 4.98 Å². The lowest BCUT2D eigenvalue weighted by atomic mass is 10.1. The molecule has 1 amide bonds. The first-order valence-electron chi connectivity index (χ1n) is 10.7. The number of nitrogens with one attached hydrogen (secondary N) is 2. The van der Waals surface area contributed by atoms with Crippen molar-refractivity contribution < 1.29 is 13.2 Å². The van der Waals surface area contributed by atoms with E-state index in [1.807, 2.05) is 24.3 Å². The first-order chi connectivity index (χ1) is 15.2. The molecular weight excluding hydrogens is 430 g/mol. The van der Waals surface area contributed by atoms with E-state index in [1.54, 1.807) is 14.1 Å². The summed E-state index contributed by atoms with van der Waals surface area (Å²) in [5.74, 6) is 0.261. The van der Waals surface area contributed by atoms with Crippen LogP contribution in [0.15, 0.2) is 30.5 Å². The van der Waals surface area contributed by atoms with Crippen LogP contribution < -0.4 is 21.3 Å². The molecule has 32 heavy (non-hydrogen) atoms. The lowest BCUT2D eigenvalue weighted by molar-refractivity contribution is 0.100. The Bertz CT molecular complexity index is 1080. The van der Waals surface area contributed by atoms with Gasteiger partial charge in [0.2, 0.25) is 16.0 Å². The Labute approximate surface area is 188 Å². The lowest BCUT2D eigenvalue weighted by Crippen LogP contribution is -2.43. The zero-order valence-corrected chi connectivity index (χ0v) is 19.1. The summed E-state index contributed by atoms with van der Waals surface area (Å²) in [4.78, 5) is 22.5. The number of benzene rings is 1. The molecule has 1 aliphatic heterocycles. The zero-order chi connectivity index (χ0) is 22.9. The Morgan fingerprint density at radius 1 is 1.12 bits per heavy atom. The van der Waals surface area contributed by atoms with E-state index in [0.717, 1.165) is 24.2 Å². The van der Waals surface area contributed by atoms with Gasteiger partial charge in [-0.05, 0) is 49.9 Å². The summed E-state index contributed by atoms with van der Waals surface area (Å²) in [5, 5.41) is 6.05.